The lowest BCUT2D eigenvalue weighted by Gasteiger charge is -2.18. The average molecular weight is 616 g/mol. The maximum absolute atomic E-state index is 13.0. The highest BCUT2D eigenvalue weighted by Gasteiger charge is 2.31. The molecule has 0 heterocycles. The second kappa shape index (κ2) is 15.6. The molecule has 13 heteroatoms. The van der Waals surface area contributed by atoms with Gasteiger partial charge in [0, 0.05) is 49.0 Å². The molecule has 0 spiro atoms. The van der Waals surface area contributed by atoms with E-state index in [4.69, 9.17) is 4.74 Å². The van der Waals surface area contributed by atoms with E-state index >= 15 is 0 Å². The molecule has 2 aromatic carbocycles. The zero-order valence-electron chi connectivity index (χ0n) is 24.9. The number of halogens is 3. The molecule has 0 atom stereocenters. The largest absolute Gasteiger partial charge is 0.573 e. The number of rotatable bonds is 12. The van der Waals surface area contributed by atoms with Crippen molar-refractivity contribution in [2.24, 2.45) is 5.92 Å². The molecule has 2 aromatic rings. The fourth-order valence-corrected chi connectivity index (χ4v) is 4.05. The molecule has 4 N–H and O–H groups in total. The number of ether oxygens (including phenoxy) is 2. The van der Waals surface area contributed by atoms with Crippen LogP contribution in [0.3, 0.4) is 0 Å². The number of alkyl halides is 3. The lowest BCUT2D eigenvalue weighted by Crippen LogP contribution is -2.33. The Morgan fingerprint density at radius 1 is 0.977 bits per heavy atom. The lowest BCUT2D eigenvalue weighted by atomic mass is 10.1. The van der Waals surface area contributed by atoms with Gasteiger partial charge in [-0.2, -0.15) is 0 Å². The summed E-state index contributed by atoms with van der Waals surface area (Å²) in [5.41, 5.74) is 2.69. The van der Waals surface area contributed by atoms with Gasteiger partial charge >= 0.3 is 12.4 Å². The zero-order valence-corrected chi connectivity index (χ0v) is 24.9. The number of anilines is 2. The van der Waals surface area contributed by atoms with Crippen LogP contribution in [0, 0.1) is 5.92 Å². The van der Waals surface area contributed by atoms with Crippen molar-refractivity contribution >= 4 is 29.2 Å². The molecule has 0 bridgehead atoms. The molecule has 0 aliphatic heterocycles. The number of hydrogen-bond donors (Lipinski definition) is 4. The van der Waals surface area contributed by atoms with E-state index in [1.165, 1.54) is 25.3 Å². The van der Waals surface area contributed by atoms with Crippen LogP contribution in [-0.2, 0) is 20.9 Å². The molecule has 0 aromatic heterocycles. The highest BCUT2D eigenvalue weighted by atomic mass is 19.4. The molecule has 1 aliphatic carbocycles. The minimum atomic E-state index is -4.81. The lowest BCUT2D eigenvalue weighted by molar-refractivity contribution is -0.274. The third kappa shape index (κ3) is 11.1. The highest BCUT2D eigenvalue weighted by molar-refractivity contribution is 5.97. The third-order valence-electron chi connectivity index (χ3n) is 6.28. The molecular weight excluding hydrogens is 579 g/mol. The van der Waals surface area contributed by atoms with Gasteiger partial charge in [-0.15, -0.1) is 13.2 Å². The van der Waals surface area contributed by atoms with Crippen molar-refractivity contribution in [2.45, 2.75) is 33.2 Å². The molecule has 0 saturated carbocycles. The summed E-state index contributed by atoms with van der Waals surface area (Å²) in [4.78, 5) is 39.5. The van der Waals surface area contributed by atoms with E-state index < -0.39 is 18.1 Å². The first-order chi connectivity index (χ1) is 20.8. The maximum Gasteiger partial charge on any atom is 0.573 e. The summed E-state index contributed by atoms with van der Waals surface area (Å²) in [5, 5.41) is 10.9. The summed E-state index contributed by atoms with van der Waals surface area (Å²) in [6.45, 7) is 5.19. The number of allylic oxidation sites excluding steroid dienone is 2. The Bertz CT molecular complexity index is 1420. The van der Waals surface area contributed by atoms with E-state index in [0.717, 1.165) is 23.4 Å². The quantitative estimate of drug-likeness (QED) is 0.258. The van der Waals surface area contributed by atoms with Crippen LogP contribution in [0.15, 0.2) is 83.8 Å². The Morgan fingerprint density at radius 3 is 2.36 bits per heavy atom. The van der Waals surface area contributed by atoms with E-state index in [2.05, 4.69) is 26.0 Å². The molecular formula is C31H36F3N5O5. The van der Waals surface area contributed by atoms with Gasteiger partial charge in [-0.1, -0.05) is 32.1 Å². The zero-order chi connectivity index (χ0) is 32.3. The number of carbonyl (C=O) groups is 3. The Hall–Kier alpha value is -4.78. The van der Waals surface area contributed by atoms with Gasteiger partial charge in [-0.3, -0.25) is 9.59 Å². The van der Waals surface area contributed by atoms with Crippen molar-refractivity contribution in [3.63, 3.8) is 0 Å². The van der Waals surface area contributed by atoms with Gasteiger partial charge in [-0.05, 0) is 61.2 Å². The second-order valence-corrected chi connectivity index (χ2v) is 10.2. The van der Waals surface area contributed by atoms with Gasteiger partial charge in [-0.25, -0.2) is 4.79 Å². The topological polar surface area (TPSA) is 121 Å². The van der Waals surface area contributed by atoms with E-state index in [-0.39, 0.29) is 29.8 Å². The first-order valence-corrected chi connectivity index (χ1v) is 13.8. The van der Waals surface area contributed by atoms with Crippen molar-refractivity contribution < 1.29 is 37.0 Å². The molecule has 236 valence electrons. The van der Waals surface area contributed by atoms with Gasteiger partial charge in [0.05, 0.1) is 12.7 Å². The minimum Gasteiger partial charge on any atom is -0.500 e. The Kier molecular flexibility index (Phi) is 12.0. The van der Waals surface area contributed by atoms with Crippen molar-refractivity contribution in [3.05, 3.63) is 89.4 Å². The molecule has 10 nitrogen and oxygen atoms in total. The third-order valence-corrected chi connectivity index (χ3v) is 6.28. The number of nitrogens with one attached hydrogen (secondary N) is 4. The number of carbonyl (C=O) groups excluding carboxylic acids is 3. The number of urea groups is 1. The number of amides is 4. The summed E-state index contributed by atoms with van der Waals surface area (Å²) < 4.78 is 46.3. The summed E-state index contributed by atoms with van der Waals surface area (Å²) >= 11 is 0. The van der Waals surface area contributed by atoms with Crippen molar-refractivity contribution in [1.29, 1.82) is 0 Å². The SMILES string of the molecule is COC1=C(C(=O)NCCN(C)Cc2cccc(NC(=O)C(C)C)c2)C=CC(NC(=O)Nc2ccc(OC(F)(F)F)cc2)=CC1. The molecule has 3 rings (SSSR count). The van der Waals surface area contributed by atoms with Crippen LogP contribution in [0.1, 0.15) is 25.8 Å². The summed E-state index contributed by atoms with van der Waals surface area (Å²) in [6, 6.07) is 11.7. The van der Waals surface area contributed by atoms with Crippen LogP contribution in [0.2, 0.25) is 0 Å². The number of methoxy groups -OCH3 is 1. The molecule has 4 amide bonds. The van der Waals surface area contributed by atoms with Crippen LogP contribution in [0.4, 0.5) is 29.3 Å². The second-order valence-electron chi connectivity index (χ2n) is 10.2. The first-order valence-electron chi connectivity index (χ1n) is 13.8. The van der Waals surface area contributed by atoms with Crippen LogP contribution in [0.5, 0.6) is 5.75 Å². The predicted molar refractivity (Wildman–Crippen MR) is 160 cm³/mol. The first kappa shape index (κ1) is 33.7. The molecule has 0 fully saturated rings. The summed E-state index contributed by atoms with van der Waals surface area (Å²) in [6.07, 6.45) is 0.180. The van der Waals surface area contributed by atoms with Crippen LogP contribution >= 0.6 is 0 Å². The van der Waals surface area contributed by atoms with Crippen molar-refractivity contribution in [1.82, 2.24) is 15.5 Å². The van der Waals surface area contributed by atoms with E-state index in [1.807, 2.05) is 50.1 Å². The molecule has 0 unspecified atom stereocenters. The molecule has 44 heavy (non-hydrogen) atoms. The Balaban J connectivity index is 1.49. The van der Waals surface area contributed by atoms with Crippen LogP contribution < -0.4 is 26.0 Å². The number of benzene rings is 2. The molecule has 0 radical (unpaired) electrons. The fourth-order valence-electron chi connectivity index (χ4n) is 4.05. The van der Waals surface area contributed by atoms with E-state index in [1.54, 1.807) is 12.2 Å². The minimum absolute atomic E-state index is 0.0518. The van der Waals surface area contributed by atoms with Crippen LogP contribution in [-0.4, -0.2) is 56.4 Å². The standard InChI is InChI=1S/C31H36F3N5O5/c1-20(2)28(40)36-24-7-5-6-21(18-24)19-39(3)17-16-35-29(41)26-14-10-23(11-15-27(26)43-4)38-30(42)37-22-8-12-25(13-9-22)44-31(32,33)34/h5-14,18,20H,15-17,19H2,1-4H3,(H,35,41)(H,36,40)(H2,37,38,42). The van der Waals surface area contributed by atoms with Gasteiger partial charge in [0.2, 0.25) is 5.91 Å². The van der Waals surface area contributed by atoms with Crippen molar-refractivity contribution in [2.75, 3.05) is 37.9 Å². The molecule has 1 aliphatic rings. The number of nitrogens with zero attached hydrogens (tertiary/aromatic N) is 1. The Morgan fingerprint density at radius 2 is 1.70 bits per heavy atom. The number of hydrogen-bond acceptors (Lipinski definition) is 6. The van der Waals surface area contributed by atoms with Gasteiger partial charge < -0.3 is 35.6 Å². The van der Waals surface area contributed by atoms with Crippen LogP contribution in [0.25, 0.3) is 0 Å². The predicted octanol–water partition coefficient (Wildman–Crippen LogP) is 5.29. The van der Waals surface area contributed by atoms with Crippen molar-refractivity contribution in [3.8, 4) is 5.75 Å². The van der Waals surface area contributed by atoms with Gasteiger partial charge in [0.25, 0.3) is 5.91 Å². The summed E-state index contributed by atoms with van der Waals surface area (Å²) in [7, 11) is 3.38. The summed E-state index contributed by atoms with van der Waals surface area (Å²) in [5.74, 6) is -0.518. The monoisotopic (exact) mass is 615 g/mol. The number of likely N-dealkylation sites (N-methyl/N-ethyl adjacent to an activating group) is 1. The average Bonchev–Trinajstić information content (AvgIpc) is 3.15. The van der Waals surface area contributed by atoms with E-state index in [0.29, 0.717) is 36.7 Å². The highest BCUT2D eigenvalue weighted by Crippen LogP contribution is 2.24. The van der Waals surface area contributed by atoms with Gasteiger partial charge in [0.15, 0.2) is 0 Å². The Labute approximate surface area is 254 Å². The van der Waals surface area contributed by atoms with Gasteiger partial charge in [0.1, 0.15) is 11.5 Å². The normalized spacial score (nSPS) is 13.2. The maximum atomic E-state index is 13.0. The fraction of sp³-hybridized carbons (Fsp3) is 0.323. The molecule has 0 saturated heterocycles. The smallest absolute Gasteiger partial charge is 0.500 e. The van der Waals surface area contributed by atoms with E-state index in [9.17, 15) is 27.6 Å².